The highest BCUT2D eigenvalue weighted by atomic mass is 32.2. The third-order valence-electron chi connectivity index (χ3n) is 4.81. The van der Waals surface area contributed by atoms with E-state index in [0.717, 1.165) is 19.3 Å². The van der Waals surface area contributed by atoms with Gasteiger partial charge in [0.15, 0.2) is 0 Å². The van der Waals surface area contributed by atoms with Gasteiger partial charge in [0.2, 0.25) is 0 Å². The van der Waals surface area contributed by atoms with Crippen LogP contribution in [0.4, 0.5) is 0 Å². The quantitative estimate of drug-likeness (QED) is 0.264. The van der Waals surface area contributed by atoms with Crippen molar-refractivity contribution in [3.63, 3.8) is 0 Å². The van der Waals surface area contributed by atoms with Crippen molar-refractivity contribution in [2.75, 3.05) is 0 Å². The highest BCUT2D eigenvalue weighted by molar-refractivity contribution is 7.86. The Morgan fingerprint density at radius 1 is 0.750 bits per heavy atom. The number of rotatable bonds is 17. The molecule has 0 spiro atoms. The van der Waals surface area contributed by atoms with Crippen molar-refractivity contribution < 1.29 is 18.1 Å². The van der Waals surface area contributed by atoms with Crippen molar-refractivity contribution in [2.45, 2.75) is 122 Å². The largest absolute Gasteiger partial charge is 0.393 e. The zero-order valence-electron chi connectivity index (χ0n) is 15.9. The minimum atomic E-state index is -4.04. The molecule has 5 heteroatoms. The molecule has 4 nitrogen and oxygen atoms in total. The Balaban J connectivity index is 3.59. The summed E-state index contributed by atoms with van der Waals surface area (Å²) < 4.78 is 32.0. The Bertz CT molecular complexity index is 368. The highest BCUT2D eigenvalue weighted by Gasteiger charge is 2.24. The molecule has 2 atom stereocenters. The lowest BCUT2D eigenvalue weighted by molar-refractivity contribution is 0.156. The predicted molar refractivity (Wildman–Crippen MR) is 102 cm³/mol. The average Bonchev–Trinajstić information content (AvgIpc) is 2.53. The van der Waals surface area contributed by atoms with E-state index in [-0.39, 0.29) is 6.42 Å². The zero-order valence-corrected chi connectivity index (χ0v) is 16.7. The molecule has 2 N–H and O–H groups in total. The maximum atomic E-state index is 11.4. The van der Waals surface area contributed by atoms with Crippen LogP contribution in [0.2, 0.25) is 0 Å². The number of aliphatic hydroxyl groups excluding tert-OH is 1. The molecule has 0 rings (SSSR count). The van der Waals surface area contributed by atoms with Crippen molar-refractivity contribution >= 4 is 10.1 Å². The summed E-state index contributed by atoms with van der Waals surface area (Å²) in [4.78, 5) is 0. The lowest BCUT2D eigenvalue weighted by atomic mass is 10.0. The number of unbranched alkanes of at least 4 members (excludes halogenated alkanes) is 11. The smallest absolute Gasteiger partial charge is 0.267 e. The topological polar surface area (TPSA) is 74.6 Å². The molecule has 0 heterocycles. The van der Waals surface area contributed by atoms with E-state index in [2.05, 4.69) is 6.92 Å². The molecule has 0 radical (unpaired) electrons. The predicted octanol–water partition coefficient (Wildman–Crippen LogP) is 5.50. The van der Waals surface area contributed by atoms with Crippen LogP contribution in [0.15, 0.2) is 0 Å². The van der Waals surface area contributed by atoms with Gasteiger partial charge in [-0.15, -0.1) is 0 Å². The van der Waals surface area contributed by atoms with E-state index >= 15 is 0 Å². The molecule has 24 heavy (non-hydrogen) atoms. The molecular formula is C19H40O4S. The SMILES string of the molecule is CCCCCCCCCCCCCCC(CC(O)CC)S(=O)(=O)O. The number of hydrogen-bond donors (Lipinski definition) is 2. The van der Waals surface area contributed by atoms with Crippen molar-refractivity contribution in [1.29, 1.82) is 0 Å². The van der Waals surface area contributed by atoms with Crippen LogP contribution in [0.1, 0.15) is 110 Å². The van der Waals surface area contributed by atoms with E-state index in [4.69, 9.17) is 0 Å². The van der Waals surface area contributed by atoms with Gasteiger partial charge in [-0.3, -0.25) is 4.55 Å². The fourth-order valence-electron chi connectivity index (χ4n) is 3.07. The maximum Gasteiger partial charge on any atom is 0.267 e. The van der Waals surface area contributed by atoms with Crippen LogP contribution in [0, 0.1) is 0 Å². The molecule has 0 aliphatic rings. The van der Waals surface area contributed by atoms with E-state index in [1.807, 2.05) is 6.92 Å². The van der Waals surface area contributed by atoms with Crippen molar-refractivity contribution in [1.82, 2.24) is 0 Å². The molecule has 2 unspecified atom stereocenters. The summed E-state index contributed by atoms with van der Waals surface area (Å²) in [5.74, 6) is 0. The molecule has 146 valence electrons. The third-order valence-corrected chi connectivity index (χ3v) is 6.08. The average molecular weight is 365 g/mol. The van der Waals surface area contributed by atoms with E-state index in [9.17, 15) is 18.1 Å². The van der Waals surface area contributed by atoms with Crippen LogP contribution < -0.4 is 0 Å². The zero-order chi connectivity index (χ0) is 18.3. The maximum absolute atomic E-state index is 11.4. The molecule has 0 saturated carbocycles. The minimum absolute atomic E-state index is 0.146. The van der Waals surface area contributed by atoms with Gasteiger partial charge in [-0.1, -0.05) is 90.9 Å². The van der Waals surface area contributed by atoms with Crippen molar-refractivity contribution in [2.24, 2.45) is 0 Å². The highest BCUT2D eigenvalue weighted by Crippen LogP contribution is 2.18. The fourth-order valence-corrected chi connectivity index (χ4v) is 4.00. The van der Waals surface area contributed by atoms with Crippen LogP contribution in [0.25, 0.3) is 0 Å². The van der Waals surface area contributed by atoms with Gasteiger partial charge < -0.3 is 5.11 Å². The molecule has 0 aromatic carbocycles. The second-order valence-electron chi connectivity index (χ2n) is 7.11. The Morgan fingerprint density at radius 2 is 1.17 bits per heavy atom. The molecule has 0 fully saturated rings. The Hall–Kier alpha value is -0.130. The van der Waals surface area contributed by atoms with E-state index in [0.29, 0.717) is 12.8 Å². The van der Waals surface area contributed by atoms with E-state index in [1.54, 1.807) is 0 Å². The Morgan fingerprint density at radius 3 is 1.54 bits per heavy atom. The van der Waals surface area contributed by atoms with Gasteiger partial charge in [0, 0.05) is 0 Å². The Labute approximate surface area is 150 Å². The molecule has 0 aromatic rings. The van der Waals surface area contributed by atoms with Gasteiger partial charge in [0.1, 0.15) is 0 Å². The molecule has 0 bridgehead atoms. The van der Waals surface area contributed by atoms with Gasteiger partial charge in [-0.25, -0.2) is 0 Å². The molecule has 0 amide bonds. The van der Waals surface area contributed by atoms with Gasteiger partial charge >= 0.3 is 0 Å². The first-order chi connectivity index (χ1) is 11.4. The van der Waals surface area contributed by atoms with Crippen LogP contribution in [-0.4, -0.2) is 29.4 Å². The Kier molecular flexibility index (Phi) is 15.1. The molecule has 0 saturated heterocycles. The lowest BCUT2D eigenvalue weighted by Gasteiger charge is -2.16. The van der Waals surface area contributed by atoms with Crippen molar-refractivity contribution in [3.05, 3.63) is 0 Å². The minimum Gasteiger partial charge on any atom is -0.393 e. The van der Waals surface area contributed by atoms with Gasteiger partial charge in [-0.05, 0) is 19.3 Å². The van der Waals surface area contributed by atoms with Gasteiger partial charge in [0.05, 0.1) is 11.4 Å². The van der Waals surface area contributed by atoms with Crippen LogP contribution in [0.5, 0.6) is 0 Å². The first-order valence-corrected chi connectivity index (χ1v) is 11.6. The molecule has 0 aliphatic heterocycles. The standard InChI is InChI=1S/C19H40O4S/c1-3-5-6-7-8-9-10-11-12-13-14-15-16-19(24(21,22)23)17-18(20)4-2/h18-20H,3-17H2,1-2H3,(H,21,22,23). The summed E-state index contributed by atoms with van der Waals surface area (Å²) in [5.41, 5.74) is 0. The van der Waals surface area contributed by atoms with Crippen LogP contribution in [-0.2, 0) is 10.1 Å². The van der Waals surface area contributed by atoms with Gasteiger partial charge in [0.25, 0.3) is 10.1 Å². The fraction of sp³-hybridized carbons (Fsp3) is 1.00. The monoisotopic (exact) mass is 364 g/mol. The third kappa shape index (κ3) is 14.2. The number of hydrogen-bond acceptors (Lipinski definition) is 3. The van der Waals surface area contributed by atoms with E-state index in [1.165, 1.54) is 57.8 Å². The second kappa shape index (κ2) is 15.2. The molecule has 0 aliphatic carbocycles. The normalized spacial score (nSPS) is 14.7. The van der Waals surface area contributed by atoms with Crippen LogP contribution >= 0.6 is 0 Å². The second-order valence-corrected chi connectivity index (χ2v) is 8.81. The van der Waals surface area contributed by atoms with Crippen LogP contribution in [0.3, 0.4) is 0 Å². The first-order valence-electron chi connectivity index (χ1n) is 10.1. The van der Waals surface area contributed by atoms with Crippen molar-refractivity contribution in [3.8, 4) is 0 Å². The summed E-state index contributed by atoms with van der Waals surface area (Å²) in [5, 5.41) is 8.80. The molecular weight excluding hydrogens is 324 g/mol. The first kappa shape index (κ1) is 23.9. The van der Waals surface area contributed by atoms with E-state index < -0.39 is 21.5 Å². The molecule has 0 aromatic heterocycles. The van der Waals surface area contributed by atoms with Gasteiger partial charge in [-0.2, -0.15) is 8.42 Å². The number of aliphatic hydroxyl groups is 1. The lowest BCUT2D eigenvalue weighted by Crippen LogP contribution is -2.25. The summed E-state index contributed by atoms with van der Waals surface area (Å²) in [6, 6.07) is 0. The summed E-state index contributed by atoms with van der Waals surface area (Å²) >= 11 is 0. The summed E-state index contributed by atoms with van der Waals surface area (Å²) in [7, 11) is -4.04. The summed E-state index contributed by atoms with van der Waals surface area (Å²) in [6.45, 7) is 4.06. The summed E-state index contributed by atoms with van der Waals surface area (Å²) in [6.07, 6.45) is 15.3.